The smallest absolute Gasteiger partial charge is 0.235 e. The van der Waals surface area contributed by atoms with Crippen molar-refractivity contribution in [3.8, 4) is 0 Å². The molecule has 0 aliphatic heterocycles. The van der Waals surface area contributed by atoms with Gasteiger partial charge in [0.1, 0.15) is 18.2 Å². The van der Waals surface area contributed by atoms with Crippen LogP contribution in [0.5, 0.6) is 0 Å². The maximum Gasteiger partial charge on any atom is 0.235 e. The molecule has 1 N–H and O–H groups in total. The topological polar surface area (TPSA) is 43.3 Å². The van der Waals surface area contributed by atoms with Gasteiger partial charge in [0.25, 0.3) is 0 Å². The van der Waals surface area contributed by atoms with Gasteiger partial charge in [0.05, 0.1) is 6.54 Å². The minimum absolute atomic E-state index is 0.0708. The summed E-state index contributed by atoms with van der Waals surface area (Å²) in [5, 5.41) is 4.39. The van der Waals surface area contributed by atoms with Gasteiger partial charge >= 0.3 is 0 Å². The van der Waals surface area contributed by atoms with Crippen LogP contribution in [0.3, 0.4) is 0 Å². The average Bonchev–Trinajstić information content (AvgIpc) is 3.03. The predicted molar refractivity (Wildman–Crippen MR) is 108 cm³/mol. The molecule has 0 saturated carbocycles. The molecule has 0 radical (unpaired) electrons. The molecule has 5 heteroatoms. The first-order valence-corrected chi connectivity index (χ1v) is 8.80. The van der Waals surface area contributed by atoms with Crippen molar-refractivity contribution >= 4 is 35.9 Å². The molecule has 1 aromatic heterocycles. The second kappa shape index (κ2) is 9.68. The first-order chi connectivity index (χ1) is 12.5. The van der Waals surface area contributed by atoms with E-state index in [1.807, 2.05) is 66.2 Å². The highest BCUT2D eigenvalue weighted by atomic mass is 35.5. The molecule has 1 heterocycles. The Hall–Kier alpha value is -2.72. The Bertz CT molecular complexity index is 898. The van der Waals surface area contributed by atoms with Crippen LogP contribution in [0.4, 0.5) is 0 Å². The van der Waals surface area contributed by atoms with Crippen molar-refractivity contribution in [2.45, 2.75) is 13.5 Å². The molecule has 0 saturated heterocycles. The van der Waals surface area contributed by atoms with Gasteiger partial charge in [-0.2, -0.15) is 0 Å². The second-order valence-electron chi connectivity index (χ2n) is 5.67. The van der Waals surface area contributed by atoms with E-state index in [1.165, 1.54) is 0 Å². The number of halogens is 1. The predicted octanol–water partition coefficient (Wildman–Crippen LogP) is 2.63. The molecule has 0 atom stereocenters. The third kappa shape index (κ3) is 5.39. The normalized spacial score (nSPS) is 12.1. The molecule has 136 valence electrons. The van der Waals surface area contributed by atoms with Crippen molar-refractivity contribution in [3.63, 3.8) is 0 Å². The summed E-state index contributed by atoms with van der Waals surface area (Å²) in [5.41, 5.74) is 1.82. The first kappa shape index (κ1) is 19.6. The van der Waals surface area contributed by atoms with Crippen LogP contribution in [0.2, 0.25) is 0 Å². The molecule has 0 aliphatic carbocycles. The lowest BCUT2D eigenvalue weighted by atomic mass is 10.2. The fourth-order valence-electron chi connectivity index (χ4n) is 2.34. The summed E-state index contributed by atoms with van der Waals surface area (Å²) in [7, 11) is 0. The number of ether oxygens (including phenoxy) is 1. The van der Waals surface area contributed by atoms with E-state index < -0.39 is 0 Å². The molecule has 0 bridgehead atoms. The van der Waals surface area contributed by atoms with Crippen molar-refractivity contribution in [2.24, 2.45) is 0 Å². The molecule has 2 rings (SSSR count). The lowest BCUT2D eigenvalue weighted by Gasteiger charge is -2.08. The van der Waals surface area contributed by atoms with E-state index in [9.17, 15) is 4.79 Å². The fourth-order valence-corrected chi connectivity index (χ4v) is 2.44. The second-order valence-corrected chi connectivity index (χ2v) is 5.94. The van der Waals surface area contributed by atoms with E-state index in [0.29, 0.717) is 18.8 Å². The Morgan fingerprint density at radius 3 is 2.69 bits per heavy atom. The number of nitrogens with one attached hydrogen (secondary N) is 1. The first-order valence-electron chi connectivity index (χ1n) is 8.27. The molecule has 4 nitrogen and oxygen atoms in total. The Labute approximate surface area is 158 Å². The number of carbonyl (C=O) groups is 1. The van der Waals surface area contributed by atoms with Crippen molar-refractivity contribution < 1.29 is 9.53 Å². The quantitative estimate of drug-likeness (QED) is 0.573. The summed E-state index contributed by atoms with van der Waals surface area (Å²) < 4.78 is 7.71. The van der Waals surface area contributed by atoms with Gasteiger partial charge in [-0.3, -0.25) is 4.79 Å². The summed E-state index contributed by atoms with van der Waals surface area (Å²) in [5.74, 6) is 0.457. The number of aromatic nitrogens is 1. The van der Waals surface area contributed by atoms with Gasteiger partial charge in [-0.1, -0.05) is 43.5 Å². The van der Waals surface area contributed by atoms with Gasteiger partial charge in [0.2, 0.25) is 5.91 Å². The molecule has 2 aromatic rings. The van der Waals surface area contributed by atoms with E-state index >= 15 is 0 Å². The van der Waals surface area contributed by atoms with E-state index in [-0.39, 0.29) is 11.8 Å². The summed E-state index contributed by atoms with van der Waals surface area (Å²) in [6.45, 7) is 10.8. The number of allylic oxidation sites excluding steroid dienone is 2. The van der Waals surface area contributed by atoms with E-state index in [2.05, 4.69) is 18.5 Å². The largest absolute Gasteiger partial charge is 0.489 e. The summed E-state index contributed by atoms with van der Waals surface area (Å²) in [6.07, 6.45) is 5.72. The highest BCUT2D eigenvalue weighted by Gasteiger charge is 2.03. The number of rotatable bonds is 8. The third-order valence-corrected chi connectivity index (χ3v) is 4.05. The number of benzene rings is 1. The van der Waals surface area contributed by atoms with Crippen LogP contribution in [-0.2, 0) is 16.1 Å². The van der Waals surface area contributed by atoms with Crippen LogP contribution in [0, 0.1) is 0 Å². The molecule has 26 heavy (non-hydrogen) atoms. The monoisotopic (exact) mass is 370 g/mol. The van der Waals surface area contributed by atoms with Gasteiger partial charge in [-0.15, -0.1) is 11.6 Å². The Morgan fingerprint density at radius 2 is 2.04 bits per heavy atom. The number of hydrogen-bond donors (Lipinski definition) is 1. The molecule has 0 spiro atoms. The van der Waals surface area contributed by atoms with Gasteiger partial charge in [0.15, 0.2) is 0 Å². The van der Waals surface area contributed by atoms with Gasteiger partial charge < -0.3 is 14.6 Å². The molecule has 0 fully saturated rings. The van der Waals surface area contributed by atoms with Crippen LogP contribution in [-0.4, -0.2) is 22.9 Å². The van der Waals surface area contributed by atoms with Crippen LogP contribution in [0.1, 0.15) is 12.5 Å². The van der Waals surface area contributed by atoms with Crippen LogP contribution >= 0.6 is 11.6 Å². The molecule has 0 unspecified atom stereocenters. The summed E-state index contributed by atoms with van der Waals surface area (Å²) in [6, 6.07) is 11.9. The lowest BCUT2D eigenvalue weighted by molar-refractivity contribution is -0.118. The summed E-state index contributed by atoms with van der Waals surface area (Å²) in [4.78, 5) is 11.3. The molecule has 1 aromatic carbocycles. The van der Waals surface area contributed by atoms with Gasteiger partial charge in [0, 0.05) is 22.5 Å². The molecular weight excluding hydrogens is 348 g/mol. The molecule has 1 amide bonds. The minimum Gasteiger partial charge on any atom is -0.489 e. The lowest BCUT2D eigenvalue weighted by Crippen LogP contribution is -2.32. The number of amides is 1. The van der Waals surface area contributed by atoms with Crippen LogP contribution < -0.4 is 15.9 Å². The fraction of sp³-hybridized carbons (Fsp3) is 0.190. The maximum absolute atomic E-state index is 11.3. The Balaban J connectivity index is 2.10. The zero-order chi connectivity index (χ0) is 18.9. The van der Waals surface area contributed by atoms with Crippen molar-refractivity contribution in [1.29, 1.82) is 0 Å². The van der Waals surface area contributed by atoms with Crippen LogP contribution in [0.25, 0.3) is 18.4 Å². The van der Waals surface area contributed by atoms with Crippen molar-refractivity contribution in [2.75, 3.05) is 12.4 Å². The van der Waals surface area contributed by atoms with E-state index in [0.717, 1.165) is 21.9 Å². The SMILES string of the molecule is C=C(CNC(=O)CCl)n1cc/c(=C/C(=C\C)OCc2ccccc2)c1=C. The van der Waals surface area contributed by atoms with E-state index in [4.69, 9.17) is 16.3 Å². The standard InChI is InChI=1S/C21H23ClN2O2/c1-4-20(26-15-18-8-6-5-7-9-18)12-19-10-11-24(17(19)3)16(2)14-23-21(25)13-22/h4-12H,2-3,13-15H2,1H3,(H,23,25)/b19-12-,20-4+. The Kier molecular flexibility index (Phi) is 7.30. The van der Waals surface area contributed by atoms with Crippen molar-refractivity contribution in [3.05, 3.63) is 77.1 Å². The molecular formula is C21H23ClN2O2. The van der Waals surface area contributed by atoms with E-state index in [1.54, 1.807) is 0 Å². The minimum atomic E-state index is -0.233. The molecule has 0 aliphatic rings. The van der Waals surface area contributed by atoms with Gasteiger partial charge in [-0.25, -0.2) is 0 Å². The highest BCUT2D eigenvalue weighted by molar-refractivity contribution is 6.27. The van der Waals surface area contributed by atoms with Gasteiger partial charge in [-0.05, 0) is 30.7 Å². The number of hydrogen-bond acceptors (Lipinski definition) is 2. The zero-order valence-corrected chi connectivity index (χ0v) is 15.6. The number of nitrogens with zero attached hydrogens (tertiary/aromatic N) is 1. The summed E-state index contributed by atoms with van der Waals surface area (Å²) >= 11 is 5.48. The number of carbonyl (C=O) groups excluding carboxylic acids is 1. The number of alkyl halides is 1. The Morgan fingerprint density at radius 1 is 1.31 bits per heavy atom. The zero-order valence-electron chi connectivity index (χ0n) is 14.9. The third-order valence-electron chi connectivity index (χ3n) is 3.81. The average molecular weight is 371 g/mol. The maximum atomic E-state index is 11.3. The van der Waals surface area contributed by atoms with Crippen molar-refractivity contribution in [1.82, 2.24) is 9.88 Å². The highest BCUT2D eigenvalue weighted by Crippen LogP contribution is 2.07. The van der Waals surface area contributed by atoms with Crippen LogP contribution in [0.15, 0.2) is 61.0 Å².